The number of hydrogen-bond acceptors (Lipinski definition) is 3. The van der Waals surface area contributed by atoms with Crippen molar-refractivity contribution in [2.75, 3.05) is 5.32 Å². The molecule has 3 nitrogen and oxygen atoms in total. The molecule has 1 aliphatic rings. The lowest BCUT2D eigenvalue weighted by Crippen LogP contribution is -2.08. The summed E-state index contributed by atoms with van der Waals surface area (Å²) in [7, 11) is 0. The fourth-order valence-corrected chi connectivity index (χ4v) is 3.62. The summed E-state index contributed by atoms with van der Waals surface area (Å²) in [4.78, 5) is 3.44. The van der Waals surface area contributed by atoms with Crippen molar-refractivity contribution in [1.29, 1.82) is 0 Å². The minimum Gasteiger partial charge on any atom is -0.398 e. The number of aromatic nitrogens is 1. The highest BCUT2D eigenvalue weighted by atomic mass is 19.4. The Bertz CT molecular complexity index is 904. The van der Waals surface area contributed by atoms with E-state index in [9.17, 15) is 13.2 Å². The molecule has 30 heavy (non-hydrogen) atoms. The van der Waals surface area contributed by atoms with Gasteiger partial charge in [0.2, 0.25) is 0 Å². The van der Waals surface area contributed by atoms with Crippen molar-refractivity contribution in [2.24, 2.45) is 5.73 Å². The molecule has 3 N–H and O–H groups in total. The van der Waals surface area contributed by atoms with E-state index in [-0.39, 0.29) is 0 Å². The maximum atomic E-state index is 12.6. The number of pyridine rings is 1. The third-order valence-corrected chi connectivity index (χ3v) is 5.33. The van der Waals surface area contributed by atoms with Gasteiger partial charge >= 0.3 is 6.18 Å². The monoisotopic (exact) mass is 413 g/mol. The predicted molar refractivity (Wildman–Crippen MR) is 116 cm³/mol. The zero-order valence-corrected chi connectivity index (χ0v) is 16.8. The van der Waals surface area contributed by atoms with E-state index in [1.807, 2.05) is 12.1 Å². The smallest absolute Gasteiger partial charge is 0.398 e. The molecule has 1 aromatic carbocycles. The molecule has 1 heterocycles. The minimum atomic E-state index is -4.46. The van der Waals surface area contributed by atoms with Gasteiger partial charge in [0.15, 0.2) is 0 Å². The summed E-state index contributed by atoms with van der Waals surface area (Å²) in [6, 6.07) is 10.6. The van der Waals surface area contributed by atoms with E-state index in [0.717, 1.165) is 17.8 Å². The van der Waals surface area contributed by atoms with Crippen molar-refractivity contribution in [3.63, 3.8) is 0 Å². The summed E-state index contributed by atoms with van der Waals surface area (Å²) in [5.41, 5.74) is 9.18. The topological polar surface area (TPSA) is 50.9 Å². The zero-order valence-electron chi connectivity index (χ0n) is 16.8. The standard InChI is InChI=1S/C24H26F3N3/c1-2-20(30-21-13-15-23(29-16-21)24(25,26)27)12-14-22(28)19-10-8-18(9-11-19)17-6-4-3-5-7-17/h2,8-17,30H,1,3-7,28H2/b20-12+,22-14-. The summed E-state index contributed by atoms with van der Waals surface area (Å²) in [6.07, 6.45) is 8.15. The van der Waals surface area contributed by atoms with Crippen molar-refractivity contribution >= 4 is 11.4 Å². The molecule has 0 radical (unpaired) electrons. The Morgan fingerprint density at radius 3 is 2.30 bits per heavy atom. The van der Waals surface area contributed by atoms with Crippen LogP contribution in [0.1, 0.15) is 54.8 Å². The van der Waals surface area contributed by atoms with Gasteiger partial charge in [-0.1, -0.05) is 50.1 Å². The third kappa shape index (κ3) is 5.75. The molecule has 158 valence electrons. The van der Waals surface area contributed by atoms with Crippen LogP contribution in [0.3, 0.4) is 0 Å². The lowest BCUT2D eigenvalue weighted by Gasteiger charge is -2.22. The van der Waals surface area contributed by atoms with Crippen LogP contribution in [-0.4, -0.2) is 4.98 Å². The molecule has 0 amide bonds. The van der Waals surface area contributed by atoms with Crippen molar-refractivity contribution in [3.05, 3.63) is 89.9 Å². The molecule has 0 unspecified atom stereocenters. The molecule has 1 saturated carbocycles. The summed E-state index contributed by atoms with van der Waals surface area (Å²) in [5.74, 6) is 0.645. The van der Waals surface area contributed by atoms with E-state index in [4.69, 9.17) is 5.73 Å². The second kappa shape index (κ2) is 9.65. The molecular formula is C24H26F3N3. The van der Waals surface area contributed by atoms with E-state index >= 15 is 0 Å². The van der Waals surface area contributed by atoms with Gasteiger partial charge < -0.3 is 11.1 Å². The number of hydrogen-bond donors (Lipinski definition) is 2. The number of nitrogens with zero attached hydrogens (tertiary/aromatic N) is 1. The zero-order chi connectivity index (χ0) is 21.6. The van der Waals surface area contributed by atoms with Crippen LogP contribution in [0, 0.1) is 0 Å². The molecule has 0 aliphatic heterocycles. The Kier molecular flexibility index (Phi) is 6.98. The highest BCUT2D eigenvalue weighted by Gasteiger charge is 2.32. The summed E-state index contributed by atoms with van der Waals surface area (Å²) in [6.45, 7) is 3.73. The van der Waals surface area contributed by atoms with Gasteiger partial charge in [0.05, 0.1) is 11.9 Å². The van der Waals surface area contributed by atoms with Crippen molar-refractivity contribution in [3.8, 4) is 0 Å². The van der Waals surface area contributed by atoms with Crippen LogP contribution in [0.4, 0.5) is 18.9 Å². The molecular weight excluding hydrogens is 387 g/mol. The summed E-state index contributed by atoms with van der Waals surface area (Å²) < 4.78 is 37.9. The number of nitrogens with two attached hydrogens (primary N) is 1. The van der Waals surface area contributed by atoms with E-state index in [2.05, 4.69) is 29.0 Å². The number of halogens is 3. The Hall–Kier alpha value is -3.02. The quantitative estimate of drug-likeness (QED) is 0.523. The fourth-order valence-electron chi connectivity index (χ4n) is 3.62. The van der Waals surface area contributed by atoms with Gasteiger partial charge in [-0.15, -0.1) is 0 Å². The van der Waals surface area contributed by atoms with Crippen LogP contribution in [0.15, 0.2) is 73.1 Å². The highest BCUT2D eigenvalue weighted by Crippen LogP contribution is 2.33. The number of nitrogens with one attached hydrogen (secondary N) is 1. The Balaban J connectivity index is 1.67. The lowest BCUT2D eigenvalue weighted by molar-refractivity contribution is -0.141. The predicted octanol–water partition coefficient (Wildman–Crippen LogP) is 6.63. The first kappa shape index (κ1) is 21.7. The molecule has 0 atom stereocenters. The molecule has 0 bridgehead atoms. The van der Waals surface area contributed by atoms with Crippen LogP contribution in [0.2, 0.25) is 0 Å². The van der Waals surface area contributed by atoms with Gasteiger partial charge in [0.25, 0.3) is 0 Å². The average molecular weight is 413 g/mol. The number of benzene rings is 1. The minimum absolute atomic E-state index is 0.429. The number of alkyl halides is 3. The van der Waals surface area contributed by atoms with E-state index in [1.165, 1.54) is 43.7 Å². The number of anilines is 1. The fraction of sp³-hybridized carbons (Fsp3) is 0.292. The van der Waals surface area contributed by atoms with Gasteiger partial charge in [-0.05, 0) is 60.2 Å². The molecule has 0 saturated heterocycles. The Labute approximate surface area is 175 Å². The van der Waals surface area contributed by atoms with Crippen molar-refractivity contribution in [1.82, 2.24) is 4.98 Å². The second-order valence-corrected chi connectivity index (χ2v) is 7.46. The molecule has 1 fully saturated rings. The summed E-state index contributed by atoms with van der Waals surface area (Å²) >= 11 is 0. The summed E-state index contributed by atoms with van der Waals surface area (Å²) in [5, 5.41) is 2.98. The van der Waals surface area contributed by atoms with Crippen molar-refractivity contribution in [2.45, 2.75) is 44.2 Å². The molecule has 1 aromatic heterocycles. The molecule has 0 spiro atoms. The number of rotatable bonds is 6. The molecule has 2 aromatic rings. The third-order valence-electron chi connectivity index (χ3n) is 5.33. The van der Waals surface area contributed by atoms with Crippen LogP contribution in [0.5, 0.6) is 0 Å². The first-order valence-electron chi connectivity index (χ1n) is 10.1. The van der Waals surface area contributed by atoms with E-state index < -0.39 is 11.9 Å². The average Bonchev–Trinajstić information content (AvgIpc) is 2.77. The van der Waals surface area contributed by atoms with Gasteiger partial charge in [-0.25, -0.2) is 4.98 Å². The van der Waals surface area contributed by atoms with Gasteiger partial charge in [-0.3, -0.25) is 0 Å². The normalized spacial score (nSPS) is 16.4. The van der Waals surface area contributed by atoms with Gasteiger partial charge in [0, 0.05) is 11.4 Å². The molecule has 1 aliphatic carbocycles. The number of allylic oxidation sites excluding steroid dienone is 3. The van der Waals surface area contributed by atoms with Crippen LogP contribution in [0.25, 0.3) is 5.70 Å². The van der Waals surface area contributed by atoms with Gasteiger partial charge in [-0.2, -0.15) is 13.2 Å². The Morgan fingerprint density at radius 1 is 1.03 bits per heavy atom. The van der Waals surface area contributed by atoms with Crippen LogP contribution < -0.4 is 11.1 Å². The van der Waals surface area contributed by atoms with Crippen LogP contribution >= 0.6 is 0 Å². The van der Waals surface area contributed by atoms with E-state index in [1.54, 1.807) is 18.2 Å². The second-order valence-electron chi connectivity index (χ2n) is 7.46. The van der Waals surface area contributed by atoms with Crippen LogP contribution in [-0.2, 0) is 6.18 Å². The highest BCUT2D eigenvalue weighted by molar-refractivity contribution is 5.65. The largest absolute Gasteiger partial charge is 0.433 e. The Morgan fingerprint density at radius 2 is 1.73 bits per heavy atom. The first-order chi connectivity index (χ1) is 14.4. The molecule has 6 heteroatoms. The maximum absolute atomic E-state index is 12.6. The first-order valence-corrected chi connectivity index (χ1v) is 10.1. The van der Waals surface area contributed by atoms with E-state index in [0.29, 0.717) is 23.0 Å². The van der Waals surface area contributed by atoms with Gasteiger partial charge in [0.1, 0.15) is 5.69 Å². The maximum Gasteiger partial charge on any atom is 0.433 e. The lowest BCUT2D eigenvalue weighted by atomic mass is 9.84. The molecule has 3 rings (SSSR count). The SMILES string of the molecule is C=C/C(=C\C=C(/N)c1ccc(C2CCCCC2)cc1)Nc1ccc(C(F)(F)F)nc1. The van der Waals surface area contributed by atoms with Crippen molar-refractivity contribution < 1.29 is 13.2 Å².